The molecule has 0 aliphatic carbocycles. The number of benzene rings is 1. The van der Waals surface area contributed by atoms with Gasteiger partial charge in [0.15, 0.2) is 0 Å². The van der Waals surface area contributed by atoms with E-state index >= 15 is 0 Å². The Morgan fingerprint density at radius 1 is 1.35 bits per heavy atom. The molecule has 6 nitrogen and oxygen atoms in total. The second-order valence-electron chi connectivity index (χ2n) is 5.35. The summed E-state index contributed by atoms with van der Waals surface area (Å²) >= 11 is 6.07. The topological polar surface area (TPSA) is 69.7 Å². The summed E-state index contributed by atoms with van der Waals surface area (Å²) in [6.45, 7) is 5.97. The molecule has 126 valence electrons. The van der Waals surface area contributed by atoms with Crippen LogP contribution < -0.4 is 5.32 Å². The van der Waals surface area contributed by atoms with Crippen LogP contribution in [0.3, 0.4) is 0 Å². The van der Waals surface area contributed by atoms with Crippen molar-refractivity contribution in [2.75, 3.05) is 39.8 Å². The summed E-state index contributed by atoms with van der Waals surface area (Å²) < 4.78 is 27.0. The lowest BCUT2D eigenvalue weighted by molar-refractivity contribution is 0.0958. The van der Waals surface area contributed by atoms with E-state index in [1.165, 1.54) is 22.5 Å². The van der Waals surface area contributed by atoms with Gasteiger partial charge in [-0.2, -0.15) is 4.31 Å². The summed E-state index contributed by atoms with van der Waals surface area (Å²) in [5, 5.41) is 2.73. The van der Waals surface area contributed by atoms with Crippen molar-refractivity contribution in [1.82, 2.24) is 14.5 Å². The van der Waals surface area contributed by atoms with Crippen molar-refractivity contribution in [3.63, 3.8) is 0 Å². The molecule has 1 N–H and O–H groups in total. The Morgan fingerprint density at radius 3 is 2.61 bits per heavy atom. The average molecular weight is 358 g/mol. The zero-order valence-corrected chi connectivity index (χ0v) is 14.5. The summed E-state index contributed by atoms with van der Waals surface area (Å²) in [5.41, 5.74) is 0.254. The minimum atomic E-state index is -3.72. The molecule has 1 aliphatic rings. The third-order valence-corrected chi connectivity index (χ3v) is 6.06. The van der Waals surface area contributed by atoms with Crippen molar-refractivity contribution in [1.29, 1.82) is 0 Å². The van der Waals surface area contributed by atoms with E-state index < -0.39 is 10.0 Å². The highest BCUT2D eigenvalue weighted by Gasteiger charge is 2.29. The molecular weight excluding hydrogens is 338 g/mol. The zero-order chi connectivity index (χ0) is 17.0. The first-order chi connectivity index (χ1) is 10.9. The third-order valence-electron chi connectivity index (χ3n) is 3.68. The van der Waals surface area contributed by atoms with Gasteiger partial charge in [-0.05, 0) is 25.2 Å². The van der Waals surface area contributed by atoms with Crippen LogP contribution in [-0.2, 0) is 10.0 Å². The first-order valence-corrected chi connectivity index (χ1v) is 9.05. The molecule has 1 fully saturated rings. The number of carbonyl (C=O) groups is 1. The van der Waals surface area contributed by atoms with Gasteiger partial charge in [0.25, 0.3) is 5.91 Å². The second kappa shape index (κ2) is 7.44. The molecule has 23 heavy (non-hydrogen) atoms. The molecule has 0 unspecified atom stereocenters. The van der Waals surface area contributed by atoms with Crippen molar-refractivity contribution in [3.05, 3.63) is 41.4 Å². The average Bonchev–Trinajstić information content (AvgIpc) is 2.53. The molecule has 1 heterocycles. The lowest BCUT2D eigenvalue weighted by atomic mass is 10.2. The van der Waals surface area contributed by atoms with Crippen molar-refractivity contribution in [2.24, 2.45) is 0 Å². The van der Waals surface area contributed by atoms with Crippen LogP contribution in [0.25, 0.3) is 0 Å². The molecule has 0 radical (unpaired) electrons. The van der Waals surface area contributed by atoms with Gasteiger partial charge in [0, 0.05) is 38.3 Å². The summed E-state index contributed by atoms with van der Waals surface area (Å²) in [6, 6.07) is 4.27. The second-order valence-corrected chi connectivity index (χ2v) is 7.66. The highest BCUT2D eigenvalue weighted by atomic mass is 35.5. The number of hydrogen-bond donors (Lipinski definition) is 1. The number of nitrogens with one attached hydrogen (secondary N) is 1. The number of rotatable bonds is 5. The van der Waals surface area contributed by atoms with E-state index in [1.807, 2.05) is 7.05 Å². The fraction of sp³-hybridized carbons (Fsp3) is 0.400. The Bertz CT molecular complexity index is 698. The van der Waals surface area contributed by atoms with Crippen LogP contribution in [0.5, 0.6) is 0 Å². The van der Waals surface area contributed by atoms with Crippen LogP contribution in [0.15, 0.2) is 35.7 Å². The molecule has 1 aromatic rings. The van der Waals surface area contributed by atoms with Gasteiger partial charge in [0.2, 0.25) is 10.0 Å². The molecule has 0 spiro atoms. The zero-order valence-electron chi connectivity index (χ0n) is 13.0. The van der Waals surface area contributed by atoms with Gasteiger partial charge < -0.3 is 10.2 Å². The first-order valence-electron chi connectivity index (χ1n) is 7.23. The number of sulfonamides is 1. The Hall–Kier alpha value is -1.41. The Morgan fingerprint density at radius 2 is 2.00 bits per heavy atom. The monoisotopic (exact) mass is 357 g/mol. The van der Waals surface area contributed by atoms with Gasteiger partial charge in [0.1, 0.15) is 4.90 Å². The number of hydrogen-bond acceptors (Lipinski definition) is 4. The van der Waals surface area contributed by atoms with E-state index in [2.05, 4.69) is 16.8 Å². The Kier molecular flexibility index (Phi) is 5.80. The molecule has 0 saturated carbocycles. The number of amides is 1. The normalized spacial score (nSPS) is 17.0. The first kappa shape index (κ1) is 17.9. The lowest BCUT2D eigenvalue weighted by Gasteiger charge is -2.31. The van der Waals surface area contributed by atoms with Crippen LogP contribution in [0, 0.1) is 0 Å². The molecule has 0 atom stereocenters. The van der Waals surface area contributed by atoms with Crippen molar-refractivity contribution < 1.29 is 13.2 Å². The Balaban J connectivity index is 2.30. The van der Waals surface area contributed by atoms with E-state index in [-0.39, 0.29) is 21.4 Å². The SMILES string of the molecule is C=CCNC(=O)c1ccc(Cl)c(S(=O)(=O)N2CCN(C)CC2)c1. The van der Waals surface area contributed by atoms with Gasteiger partial charge in [0.05, 0.1) is 5.02 Å². The molecule has 8 heteroatoms. The fourth-order valence-electron chi connectivity index (χ4n) is 2.28. The van der Waals surface area contributed by atoms with E-state index in [9.17, 15) is 13.2 Å². The number of nitrogens with zero attached hydrogens (tertiary/aromatic N) is 2. The van der Waals surface area contributed by atoms with Crippen molar-refractivity contribution >= 4 is 27.5 Å². The highest BCUT2D eigenvalue weighted by Crippen LogP contribution is 2.26. The van der Waals surface area contributed by atoms with E-state index in [0.717, 1.165) is 0 Å². The molecule has 1 aromatic carbocycles. The number of carbonyl (C=O) groups excluding carboxylic acids is 1. The highest BCUT2D eigenvalue weighted by molar-refractivity contribution is 7.89. The molecule has 0 bridgehead atoms. The van der Waals surface area contributed by atoms with Crippen LogP contribution in [0.2, 0.25) is 5.02 Å². The maximum atomic E-state index is 12.8. The van der Waals surface area contributed by atoms with E-state index in [4.69, 9.17) is 11.6 Å². The van der Waals surface area contributed by atoms with Gasteiger partial charge in [-0.3, -0.25) is 4.79 Å². The van der Waals surface area contributed by atoms with E-state index in [1.54, 1.807) is 6.08 Å². The molecular formula is C15H20ClN3O3S. The third kappa shape index (κ3) is 4.11. The minimum Gasteiger partial charge on any atom is -0.349 e. The van der Waals surface area contributed by atoms with Crippen LogP contribution in [0.4, 0.5) is 0 Å². The molecule has 1 amide bonds. The van der Waals surface area contributed by atoms with Gasteiger partial charge in [-0.1, -0.05) is 17.7 Å². The summed E-state index contributed by atoms with van der Waals surface area (Å²) in [6.07, 6.45) is 1.55. The standard InChI is InChI=1S/C15H20ClN3O3S/c1-3-6-17-15(20)12-4-5-13(16)14(11-12)23(21,22)19-9-7-18(2)8-10-19/h3-5,11H,1,6-10H2,2H3,(H,17,20). The summed E-state index contributed by atoms with van der Waals surface area (Å²) in [5.74, 6) is -0.364. The largest absolute Gasteiger partial charge is 0.349 e. The minimum absolute atomic E-state index is 0.0324. The maximum Gasteiger partial charge on any atom is 0.251 e. The van der Waals surface area contributed by atoms with Gasteiger partial charge in [-0.15, -0.1) is 6.58 Å². The molecule has 1 aliphatic heterocycles. The molecule has 1 saturated heterocycles. The van der Waals surface area contributed by atoms with Gasteiger partial charge >= 0.3 is 0 Å². The molecule has 2 rings (SSSR count). The van der Waals surface area contributed by atoms with E-state index in [0.29, 0.717) is 32.7 Å². The maximum absolute atomic E-state index is 12.8. The molecule has 0 aromatic heterocycles. The lowest BCUT2D eigenvalue weighted by Crippen LogP contribution is -2.47. The van der Waals surface area contributed by atoms with Crippen LogP contribution in [-0.4, -0.2) is 63.3 Å². The Labute approximate surface area is 141 Å². The fourth-order valence-corrected chi connectivity index (χ4v) is 4.20. The van der Waals surface area contributed by atoms with Crippen molar-refractivity contribution in [2.45, 2.75) is 4.90 Å². The number of piperazine rings is 1. The van der Waals surface area contributed by atoms with Gasteiger partial charge in [-0.25, -0.2) is 8.42 Å². The van der Waals surface area contributed by atoms with Crippen LogP contribution >= 0.6 is 11.6 Å². The summed E-state index contributed by atoms with van der Waals surface area (Å²) in [4.78, 5) is 14.0. The number of likely N-dealkylation sites (N-methyl/N-ethyl adjacent to an activating group) is 1. The quantitative estimate of drug-likeness (QED) is 0.804. The van der Waals surface area contributed by atoms with Crippen molar-refractivity contribution in [3.8, 4) is 0 Å². The summed E-state index contributed by atoms with van der Waals surface area (Å²) in [7, 11) is -1.77. The van der Waals surface area contributed by atoms with Crippen LogP contribution in [0.1, 0.15) is 10.4 Å². The predicted octanol–water partition coefficient (Wildman–Crippen LogP) is 1.19. The smallest absolute Gasteiger partial charge is 0.251 e. The predicted molar refractivity (Wildman–Crippen MR) is 90.2 cm³/mol. The number of halogens is 1.